The van der Waals surface area contributed by atoms with E-state index >= 15 is 0 Å². The lowest BCUT2D eigenvalue weighted by Crippen LogP contribution is -2.68. The van der Waals surface area contributed by atoms with E-state index in [2.05, 4.69) is 21.3 Å². The molecule has 4 amide bonds. The van der Waals surface area contributed by atoms with E-state index in [0.717, 1.165) is 40.0 Å². The molecular formula is C57H97N5O33. The molecule has 19 N–H and O–H groups in total. The predicted molar refractivity (Wildman–Crippen MR) is 308 cm³/mol. The maximum Gasteiger partial charge on any atom is 0.217 e. The number of carbonyl (C=O) groups excluding carboxylic acids is 4. The minimum Gasteiger partial charge on any atom is -0.394 e. The molecule has 0 saturated carbocycles. The number of nitrogens with two attached hydrogens (primary N) is 1. The van der Waals surface area contributed by atoms with Crippen molar-refractivity contribution in [2.45, 2.75) is 269 Å². The molecule has 0 bridgehead atoms. The highest BCUT2D eigenvalue weighted by Gasteiger charge is 2.55. The summed E-state index contributed by atoms with van der Waals surface area (Å²) in [7, 11) is 0. The van der Waals surface area contributed by atoms with Crippen molar-refractivity contribution in [1.29, 1.82) is 0 Å². The van der Waals surface area contributed by atoms with Crippen LogP contribution in [0.25, 0.3) is 0 Å². The predicted octanol–water partition coefficient (Wildman–Crippen LogP) is -10.1. The van der Waals surface area contributed by atoms with Crippen LogP contribution in [-0.4, -0.2) is 353 Å². The van der Waals surface area contributed by atoms with E-state index in [1.807, 2.05) is 0 Å². The van der Waals surface area contributed by atoms with E-state index < -0.39 is 266 Å². The van der Waals surface area contributed by atoms with Crippen LogP contribution in [0.4, 0.5) is 0 Å². The summed E-state index contributed by atoms with van der Waals surface area (Å²) in [6, 6.07) is -5.53. The minimum absolute atomic E-state index is 0.0507. The summed E-state index contributed by atoms with van der Waals surface area (Å²) >= 11 is 0. The number of amides is 4. The second kappa shape index (κ2) is 36.3. The Bertz CT molecular complexity index is 2390. The Morgan fingerprint density at radius 1 is 0.379 bits per heavy atom. The van der Waals surface area contributed by atoms with Gasteiger partial charge in [0, 0.05) is 60.0 Å². The summed E-state index contributed by atoms with van der Waals surface area (Å²) in [5.74, 6) is -2.53. The molecular weight excluding hydrogens is 1280 g/mol. The van der Waals surface area contributed by atoms with E-state index in [-0.39, 0.29) is 32.3 Å². The Kier molecular flexibility index (Phi) is 29.6. The second-order valence-electron chi connectivity index (χ2n) is 24.7. The Morgan fingerprint density at radius 2 is 0.663 bits per heavy atom. The third-order valence-corrected chi connectivity index (χ3v) is 17.5. The molecule has 8 aliphatic heterocycles. The smallest absolute Gasteiger partial charge is 0.217 e. The summed E-state index contributed by atoms with van der Waals surface area (Å²) < 4.78 is 95.2. The molecule has 95 heavy (non-hydrogen) atoms. The zero-order valence-corrected chi connectivity index (χ0v) is 53.1. The van der Waals surface area contributed by atoms with Crippen LogP contribution >= 0.6 is 0 Å². The van der Waals surface area contributed by atoms with Crippen molar-refractivity contribution < 1.29 is 161 Å². The summed E-state index contributed by atoms with van der Waals surface area (Å²) in [6.07, 6.45) is -37.4. The molecule has 0 aliphatic carbocycles. The minimum atomic E-state index is -1.74. The zero-order chi connectivity index (χ0) is 68.9. The molecule has 0 spiro atoms. The first-order valence-electron chi connectivity index (χ1n) is 32.0. The molecule has 38 heteroatoms. The second-order valence-corrected chi connectivity index (χ2v) is 24.7. The highest BCUT2D eigenvalue weighted by molar-refractivity contribution is 5.74. The molecule has 8 heterocycles. The normalized spacial score (nSPS) is 44.3. The highest BCUT2D eigenvalue weighted by atomic mass is 16.8. The first-order valence-corrected chi connectivity index (χ1v) is 32.0. The van der Waals surface area contributed by atoms with Crippen LogP contribution in [0.1, 0.15) is 72.6 Å². The molecule has 0 aromatic carbocycles. The maximum absolute atomic E-state index is 12.6. The van der Waals surface area contributed by atoms with E-state index in [0.29, 0.717) is 13.2 Å². The van der Waals surface area contributed by atoms with Crippen molar-refractivity contribution in [2.24, 2.45) is 5.73 Å². The molecule has 8 fully saturated rings. The van der Waals surface area contributed by atoms with Crippen molar-refractivity contribution in [3.8, 4) is 0 Å². The number of aliphatic hydroxyl groups excluding tert-OH is 13. The SMILES string of the molecule is CC(=O)NC1[C@@H](O[C@@H]2CO[C@@H](O[C@@H]3C(CO)O[C@H](O[C@@H]4CO[C@@H](O[C@@H]5C(CO)O[C@H](O[C@@H]6CO[C@@H](O[C@@H]7C(CO)O[C@@H](O[C@@H]8CO[C@@H](OCCCCCN)C[C@@H]8O)C(NC(C)=O)[C@H]7O)C[C@@H]6O)C(NC(C)=O)[C@H]5O)C[C@@H]4O)C(NC(C)=O)[C@H]3O)C[C@@H]2O)OC(CO)[C@@H](O)[C@@H]1O. The monoisotopic (exact) mass is 1380 g/mol. The first kappa shape index (κ1) is 77.4. The van der Waals surface area contributed by atoms with E-state index in [1.165, 1.54) is 6.92 Å². The molecule has 0 aromatic heterocycles. The van der Waals surface area contributed by atoms with Gasteiger partial charge < -0.3 is 169 Å². The fraction of sp³-hybridized carbons (Fsp3) is 0.930. The van der Waals surface area contributed by atoms with Crippen molar-refractivity contribution in [3.63, 3.8) is 0 Å². The van der Waals surface area contributed by atoms with Crippen LogP contribution in [0, 0.1) is 0 Å². The van der Waals surface area contributed by atoms with Gasteiger partial charge in [0.15, 0.2) is 50.3 Å². The van der Waals surface area contributed by atoms with Gasteiger partial charge in [0.2, 0.25) is 23.6 Å². The van der Waals surface area contributed by atoms with Gasteiger partial charge in [0.05, 0.1) is 77.3 Å². The van der Waals surface area contributed by atoms with Crippen molar-refractivity contribution in [1.82, 2.24) is 21.3 Å². The Morgan fingerprint density at radius 3 is 0.947 bits per heavy atom. The van der Waals surface area contributed by atoms with Gasteiger partial charge in [-0.3, -0.25) is 19.2 Å². The third-order valence-electron chi connectivity index (χ3n) is 17.5. The van der Waals surface area contributed by atoms with Crippen molar-refractivity contribution in [3.05, 3.63) is 0 Å². The maximum atomic E-state index is 12.6. The molecule has 548 valence electrons. The van der Waals surface area contributed by atoms with E-state index in [4.69, 9.17) is 81.5 Å². The number of nitrogens with one attached hydrogen (secondary N) is 4. The molecule has 8 rings (SSSR count). The van der Waals surface area contributed by atoms with Gasteiger partial charge in [-0.15, -0.1) is 0 Å². The topological polar surface area (TPSA) is 553 Å². The van der Waals surface area contributed by atoms with Gasteiger partial charge in [-0.1, -0.05) is 0 Å². The standard InChI is InChI=1S/C57H97N5O33/c1-22(67)59-42-47(76)46(75)30(14-63)85-54(42)89-35-19-82-39(11-27(35)72)93-52-32(16-65)87-56(44(49(52)78)61-24(3)69)91-37-21-84-41(13-29(37)74)95-53-33(17-66)88-57(45(50(53)79)62-25(4)70)92-36-20-83-40(12-28(36)73)94-51-31(15-64)86-55(43(48(51)77)60-23(2)68)90-34-18-81-38(10-26(34)71)80-9-7-5-6-8-58/h26-57,63-66,71-79H,5-21,58H2,1-4H3,(H,59,67)(H,60,68)(H,61,69)(H,62,70)/t26-,27-,28-,29-,30?,31?,32?,33?,34+,35+,36+,37+,38+,39-,40-,41-,42?,43?,44?,45?,46+,47+,48+,49+,50+,51+,52+,53+,54+,55-,56+,57+/m0/s1. The van der Waals surface area contributed by atoms with Gasteiger partial charge in [0.1, 0.15) is 122 Å². The first-order chi connectivity index (χ1) is 45.3. The van der Waals surface area contributed by atoms with Crippen molar-refractivity contribution >= 4 is 23.6 Å². The number of ether oxygens (including phenoxy) is 16. The van der Waals surface area contributed by atoms with Gasteiger partial charge in [0.25, 0.3) is 0 Å². The van der Waals surface area contributed by atoms with Crippen LogP contribution in [0.2, 0.25) is 0 Å². The van der Waals surface area contributed by atoms with Crippen LogP contribution in [0.15, 0.2) is 0 Å². The highest BCUT2D eigenvalue weighted by Crippen LogP contribution is 2.36. The van der Waals surface area contributed by atoms with E-state index in [9.17, 15) is 85.6 Å². The summed E-state index contributed by atoms with van der Waals surface area (Å²) in [6.45, 7) is 1.10. The number of unbranched alkanes of at least 4 members (excludes halogenated alkanes) is 2. The molecule has 8 aliphatic rings. The van der Waals surface area contributed by atoms with Gasteiger partial charge in [-0.25, -0.2) is 0 Å². The van der Waals surface area contributed by atoms with Gasteiger partial charge in [-0.2, -0.15) is 0 Å². The Balaban J connectivity index is 0.822. The van der Waals surface area contributed by atoms with Crippen LogP contribution in [0.5, 0.6) is 0 Å². The average molecular weight is 1380 g/mol. The quantitative estimate of drug-likeness (QED) is 0.0324. The lowest BCUT2D eigenvalue weighted by molar-refractivity contribution is -0.353. The molecule has 0 radical (unpaired) electrons. The van der Waals surface area contributed by atoms with Gasteiger partial charge >= 0.3 is 0 Å². The summed E-state index contributed by atoms with van der Waals surface area (Å²) in [5, 5.41) is 153. The van der Waals surface area contributed by atoms with Crippen LogP contribution in [-0.2, 0) is 95.0 Å². The van der Waals surface area contributed by atoms with Crippen LogP contribution < -0.4 is 27.0 Å². The summed E-state index contributed by atoms with van der Waals surface area (Å²) in [5.41, 5.74) is 5.55. The number of hydrogen-bond acceptors (Lipinski definition) is 34. The average Bonchev–Trinajstić information content (AvgIpc) is 0.804. The zero-order valence-electron chi connectivity index (χ0n) is 53.1. The number of carbonyl (C=O) groups is 4. The number of aliphatic hydroxyl groups is 13. The molecule has 38 nitrogen and oxygen atoms in total. The fourth-order valence-corrected chi connectivity index (χ4v) is 12.5. The molecule has 8 saturated heterocycles. The van der Waals surface area contributed by atoms with Crippen molar-refractivity contribution in [2.75, 3.05) is 66.0 Å². The Hall–Kier alpha value is -3.32. The lowest BCUT2D eigenvalue weighted by atomic mass is 9.95. The summed E-state index contributed by atoms with van der Waals surface area (Å²) in [4.78, 5) is 49.5. The van der Waals surface area contributed by atoms with Crippen LogP contribution in [0.3, 0.4) is 0 Å². The van der Waals surface area contributed by atoms with E-state index in [1.54, 1.807) is 0 Å². The fourth-order valence-electron chi connectivity index (χ4n) is 12.5. The molecule has 0 aromatic rings. The molecule has 8 unspecified atom stereocenters. The number of rotatable bonds is 28. The lowest BCUT2D eigenvalue weighted by Gasteiger charge is -2.48. The number of hydrogen-bond donors (Lipinski definition) is 18. The molecule has 32 atom stereocenters. The Labute approximate surface area is 545 Å². The van der Waals surface area contributed by atoms with Gasteiger partial charge in [-0.05, 0) is 25.8 Å². The largest absolute Gasteiger partial charge is 0.394 e. The third kappa shape index (κ3) is 20.2.